The highest BCUT2D eigenvalue weighted by Gasteiger charge is 2.31. The molecule has 3 nitrogen and oxygen atoms in total. The molecule has 0 aliphatic carbocycles. The van der Waals surface area contributed by atoms with Crippen molar-refractivity contribution in [2.75, 3.05) is 0 Å². The van der Waals surface area contributed by atoms with Crippen LogP contribution < -0.4 is 5.32 Å². The molecule has 0 aromatic carbocycles. The van der Waals surface area contributed by atoms with Gasteiger partial charge in [-0.25, -0.2) is 0 Å². The first-order valence-electron chi connectivity index (χ1n) is 4.25. The number of nitrogens with one attached hydrogen (secondary N) is 1. The van der Waals surface area contributed by atoms with Crippen molar-refractivity contribution in [3.63, 3.8) is 0 Å². The van der Waals surface area contributed by atoms with Crippen LogP contribution in [0.15, 0.2) is 0 Å². The summed E-state index contributed by atoms with van der Waals surface area (Å²) in [5.41, 5.74) is 0. The van der Waals surface area contributed by atoms with Gasteiger partial charge in [0, 0.05) is 6.04 Å². The predicted molar refractivity (Wildman–Crippen MR) is 44.6 cm³/mol. The van der Waals surface area contributed by atoms with E-state index in [4.69, 9.17) is 5.11 Å². The summed E-state index contributed by atoms with van der Waals surface area (Å²) in [5.74, 6) is -1.06. The molecule has 0 fully saturated rings. The Bertz CT molecular complexity index is 192. The van der Waals surface area contributed by atoms with Crippen LogP contribution in [0, 0.1) is 0 Å². The van der Waals surface area contributed by atoms with Crippen molar-refractivity contribution in [1.29, 1.82) is 0 Å². The van der Waals surface area contributed by atoms with E-state index in [1.54, 1.807) is 6.92 Å². The number of amides is 1. The van der Waals surface area contributed by atoms with Crippen LogP contribution in [-0.4, -0.2) is 29.3 Å². The first-order chi connectivity index (χ1) is 6.20. The maximum Gasteiger partial charge on any atom is 0.397 e. The van der Waals surface area contributed by atoms with Gasteiger partial charge in [0.2, 0.25) is 5.91 Å². The van der Waals surface area contributed by atoms with Crippen LogP contribution in [0.25, 0.3) is 0 Å². The molecular formula is C8H14F3NO2. The molecule has 0 radical (unpaired) electrons. The fraction of sp³-hybridized carbons (Fsp3) is 0.875. The van der Waals surface area contributed by atoms with Gasteiger partial charge in [0.1, 0.15) is 6.42 Å². The first kappa shape index (κ1) is 13.2. The Hall–Kier alpha value is -0.780. The Morgan fingerprint density at radius 1 is 1.43 bits per heavy atom. The molecule has 1 amide bonds. The molecule has 0 saturated carbocycles. The molecule has 2 N–H and O–H groups in total. The van der Waals surface area contributed by atoms with Crippen molar-refractivity contribution in [2.24, 2.45) is 0 Å². The van der Waals surface area contributed by atoms with E-state index in [0.717, 1.165) is 0 Å². The number of alkyl halides is 3. The van der Waals surface area contributed by atoms with Crippen LogP contribution in [0.5, 0.6) is 0 Å². The molecular weight excluding hydrogens is 199 g/mol. The molecule has 0 spiro atoms. The molecule has 2 unspecified atom stereocenters. The molecule has 0 rings (SSSR count). The van der Waals surface area contributed by atoms with Gasteiger partial charge in [-0.05, 0) is 20.3 Å². The van der Waals surface area contributed by atoms with Crippen LogP contribution in [-0.2, 0) is 4.79 Å². The summed E-state index contributed by atoms with van der Waals surface area (Å²) < 4.78 is 35.1. The van der Waals surface area contributed by atoms with E-state index in [9.17, 15) is 18.0 Å². The zero-order chi connectivity index (χ0) is 11.4. The Morgan fingerprint density at radius 3 is 2.29 bits per heavy atom. The lowest BCUT2D eigenvalue weighted by Gasteiger charge is -2.15. The molecule has 0 aromatic heterocycles. The second-order valence-electron chi connectivity index (χ2n) is 3.35. The van der Waals surface area contributed by atoms with E-state index in [1.165, 1.54) is 6.92 Å². The third kappa shape index (κ3) is 7.85. The maximum absolute atomic E-state index is 11.7. The topological polar surface area (TPSA) is 49.3 Å². The minimum absolute atomic E-state index is 0.240. The quantitative estimate of drug-likeness (QED) is 0.737. The molecule has 0 aliphatic rings. The number of hydrogen-bond donors (Lipinski definition) is 2. The van der Waals surface area contributed by atoms with Crippen molar-refractivity contribution in [3.05, 3.63) is 0 Å². The molecule has 84 valence electrons. The lowest BCUT2D eigenvalue weighted by Crippen LogP contribution is -2.36. The lowest BCUT2D eigenvalue weighted by molar-refractivity contribution is -0.154. The van der Waals surface area contributed by atoms with Crippen LogP contribution in [0.1, 0.15) is 26.7 Å². The number of rotatable bonds is 4. The lowest BCUT2D eigenvalue weighted by atomic mass is 10.1. The smallest absolute Gasteiger partial charge is 0.393 e. The summed E-state index contributed by atoms with van der Waals surface area (Å²) >= 11 is 0. The third-order valence-corrected chi connectivity index (χ3v) is 1.46. The van der Waals surface area contributed by atoms with Crippen LogP contribution in [0.2, 0.25) is 0 Å². The van der Waals surface area contributed by atoms with Crippen molar-refractivity contribution >= 4 is 5.91 Å². The Labute approximate surface area is 80.3 Å². The average Bonchev–Trinajstić information content (AvgIpc) is 1.77. The summed E-state index contributed by atoms with van der Waals surface area (Å²) in [4.78, 5) is 10.7. The number of carbonyl (C=O) groups is 1. The summed E-state index contributed by atoms with van der Waals surface area (Å²) in [6.07, 6.45) is -6.36. The zero-order valence-electron chi connectivity index (χ0n) is 8.06. The molecule has 0 heterocycles. The fourth-order valence-electron chi connectivity index (χ4n) is 1.08. The van der Waals surface area contributed by atoms with Gasteiger partial charge in [-0.2, -0.15) is 13.2 Å². The third-order valence-electron chi connectivity index (χ3n) is 1.46. The second kappa shape index (κ2) is 5.19. The van der Waals surface area contributed by atoms with Gasteiger partial charge >= 0.3 is 6.18 Å². The molecule has 6 heteroatoms. The van der Waals surface area contributed by atoms with E-state index in [2.05, 4.69) is 5.32 Å². The molecule has 2 atom stereocenters. The van der Waals surface area contributed by atoms with Crippen molar-refractivity contribution in [2.45, 2.75) is 45.0 Å². The normalized spacial score (nSPS) is 16.1. The Kier molecular flexibility index (Phi) is 4.90. The van der Waals surface area contributed by atoms with Crippen LogP contribution in [0.3, 0.4) is 0 Å². The zero-order valence-corrected chi connectivity index (χ0v) is 8.06. The average molecular weight is 213 g/mol. The van der Waals surface area contributed by atoms with E-state index < -0.39 is 30.7 Å². The fourth-order valence-corrected chi connectivity index (χ4v) is 1.08. The molecule has 0 bridgehead atoms. The van der Waals surface area contributed by atoms with Crippen molar-refractivity contribution in [1.82, 2.24) is 5.32 Å². The van der Waals surface area contributed by atoms with E-state index in [-0.39, 0.29) is 6.42 Å². The summed E-state index contributed by atoms with van der Waals surface area (Å²) in [7, 11) is 0. The number of aliphatic hydroxyl groups excluding tert-OH is 1. The number of hydrogen-bond acceptors (Lipinski definition) is 2. The van der Waals surface area contributed by atoms with Crippen molar-refractivity contribution < 1.29 is 23.1 Å². The first-order valence-corrected chi connectivity index (χ1v) is 4.25. The number of aliphatic hydroxyl groups is 1. The summed E-state index contributed by atoms with van der Waals surface area (Å²) in [5, 5.41) is 11.0. The second-order valence-corrected chi connectivity index (χ2v) is 3.35. The molecule has 14 heavy (non-hydrogen) atoms. The van der Waals surface area contributed by atoms with Gasteiger partial charge in [-0.15, -0.1) is 0 Å². The van der Waals surface area contributed by atoms with Gasteiger partial charge in [-0.1, -0.05) is 0 Å². The maximum atomic E-state index is 11.7. The van der Waals surface area contributed by atoms with Crippen LogP contribution in [0.4, 0.5) is 13.2 Å². The number of carbonyl (C=O) groups excluding carboxylic acids is 1. The minimum atomic E-state index is -4.48. The Balaban J connectivity index is 3.83. The highest BCUT2D eigenvalue weighted by molar-refractivity contribution is 5.76. The monoisotopic (exact) mass is 213 g/mol. The summed E-state index contributed by atoms with van der Waals surface area (Å²) in [6, 6.07) is -0.454. The minimum Gasteiger partial charge on any atom is -0.393 e. The van der Waals surface area contributed by atoms with Gasteiger partial charge < -0.3 is 10.4 Å². The van der Waals surface area contributed by atoms with Gasteiger partial charge in [0.05, 0.1) is 6.10 Å². The molecule has 0 saturated heterocycles. The highest BCUT2D eigenvalue weighted by atomic mass is 19.4. The van der Waals surface area contributed by atoms with E-state index in [0.29, 0.717) is 0 Å². The van der Waals surface area contributed by atoms with E-state index >= 15 is 0 Å². The summed E-state index contributed by atoms with van der Waals surface area (Å²) in [6.45, 7) is 3.05. The molecule has 0 aromatic rings. The predicted octanol–water partition coefficient (Wildman–Crippen LogP) is 1.21. The standard InChI is InChI=1S/C8H14F3NO2/c1-5(3-6(2)13)12-7(14)4-8(9,10)11/h5-6,13H,3-4H2,1-2H3,(H,12,14). The van der Waals surface area contributed by atoms with Crippen LogP contribution >= 0.6 is 0 Å². The van der Waals surface area contributed by atoms with Gasteiger partial charge in [0.15, 0.2) is 0 Å². The Morgan fingerprint density at radius 2 is 1.93 bits per heavy atom. The number of halogens is 3. The van der Waals surface area contributed by atoms with Gasteiger partial charge in [-0.3, -0.25) is 4.79 Å². The van der Waals surface area contributed by atoms with Gasteiger partial charge in [0.25, 0.3) is 0 Å². The van der Waals surface area contributed by atoms with Crippen molar-refractivity contribution in [3.8, 4) is 0 Å². The SMILES string of the molecule is CC(O)CC(C)NC(=O)CC(F)(F)F. The largest absolute Gasteiger partial charge is 0.397 e. The molecule has 0 aliphatic heterocycles. The highest BCUT2D eigenvalue weighted by Crippen LogP contribution is 2.19. The van der Waals surface area contributed by atoms with E-state index in [1.807, 2.05) is 0 Å².